The molecular formula is C23H28N2O2. The quantitative estimate of drug-likeness (QED) is 0.901. The molecule has 2 saturated heterocycles. The molecule has 0 spiro atoms. The van der Waals surface area contributed by atoms with Crippen molar-refractivity contribution < 1.29 is 9.90 Å². The standard InChI is InChI=1S/C23H28N2O2/c1-17-15-24(13-11-21(17)19-7-9-20(26)10-8-19)22-12-14-25(23(22)27)16-18-5-3-2-4-6-18/h2-10,17,21-22,26H,11-16H2,1H3. The Morgan fingerprint density at radius 2 is 1.74 bits per heavy atom. The van der Waals surface area contributed by atoms with E-state index in [1.54, 1.807) is 12.1 Å². The summed E-state index contributed by atoms with van der Waals surface area (Å²) in [5.41, 5.74) is 2.49. The van der Waals surface area contributed by atoms with E-state index >= 15 is 0 Å². The van der Waals surface area contributed by atoms with E-state index in [0.29, 0.717) is 17.6 Å². The van der Waals surface area contributed by atoms with Crippen LogP contribution in [-0.2, 0) is 11.3 Å². The number of aromatic hydroxyl groups is 1. The molecule has 2 aromatic rings. The predicted octanol–water partition coefficient (Wildman–Crippen LogP) is 3.62. The SMILES string of the molecule is CC1CN(C2CCN(Cc3ccccc3)C2=O)CCC1c1ccc(O)cc1. The number of hydrogen-bond acceptors (Lipinski definition) is 3. The Kier molecular flexibility index (Phi) is 5.17. The number of carbonyl (C=O) groups is 1. The molecule has 27 heavy (non-hydrogen) atoms. The van der Waals surface area contributed by atoms with Gasteiger partial charge >= 0.3 is 0 Å². The molecule has 2 aliphatic heterocycles. The van der Waals surface area contributed by atoms with Crippen molar-refractivity contribution in [2.45, 2.75) is 38.3 Å². The number of amides is 1. The van der Waals surface area contributed by atoms with E-state index in [2.05, 4.69) is 24.0 Å². The smallest absolute Gasteiger partial charge is 0.240 e. The summed E-state index contributed by atoms with van der Waals surface area (Å²) >= 11 is 0. The highest BCUT2D eigenvalue weighted by atomic mass is 16.3. The maximum Gasteiger partial charge on any atom is 0.240 e. The highest BCUT2D eigenvalue weighted by molar-refractivity contribution is 5.84. The molecule has 1 amide bonds. The average Bonchev–Trinajstić information content (AvgIpc) is 3.04. The highest BCUT2D eigenvalue weighted by Gasteiger charge is 2.39. The molecule has 4 nitrogen and oxygen atoms in total. The van der Waals surface area contributed by atoms with E-state index in [-0.39, 0.29) is 11.9 Å². The fourth-order valence-corrected chi connectivity index (χ4v) is 4.70. The number of rotatable bonds is 4. The van der Waals surface area contributed by atoms with E-state index in [9.17, 15) is 9.90 Å². The Labute approximate surface area is 161 Å². The Bertz CT molecular complexity index is 775. The van der Waals surface area contributed by atoms with Gasteiger partial charge in [-0.25, -0.2) is 0 Å². The summed E-state index contributed by atoms with van der Waals surface area (Å²) < 4.78 is 0. The second kappa shape index (κ2) is 7.73. The Morgan fingerprint density at radius 1 is 1.00 bits per heavy atom. The van der Waals surface area contributed by atoms with Gasteiger partial charge in [-0.3, -0.25) is 9.69 Å². The van der Waals surface area contributed by atoms with Crippen LogP contribution in [0.15, 0.2) is 54.6 Å². The fourth-order valence-electron chi connectivity index (χ4n) is 4.70. The van der Waals surface area contributed by atoms with Gasteiger partial charge < -0.3 is 10.0 Å². The molecule has 0 bridgehead atoms. The largest absolute Gasteiger partial charge is 0.508 e. The number of hydrogen-bond donors (Lipinski definition) is 1. The lowest BCUT2D eigenvalue weighted by Crippen LogP contribution is -2.48. The first-order valence-corrected chi connectivity index (χ1v) is 9.97. The number of piperidine rings is 1. The van der Waals surface area contributed by atoms with Gasteiger partial charge in [0.25, 0.3) is 0 Å². The zero-order valence-corrected chi connectivity index (χ0v) is 15.9. The van der Waals surface area contributed by atoms with Crippen molar-refractivity contribution in [2.24, 2.45) is 5.92 Å². The zero-order valence-electron chi connectivity index (χ0n) is 15.9. The molecule has 2 aromatic carbocycles. The number of benzene rings is 2. The molecule has 3 atom stereocenters. The van der Waals surface area contributed by atoms with Crippen LogP contribution in [0.1, 0.15) is 36.8 Å². The topological polar surface area (TPSA) is 43.8 Å². The second-order valence-electron chi connectivity index (χ2n) is 8.01. The zero-order chi connectivity index (χ0) is 18.8. The summed E-state index contributed by atoms with van der Waals surface area (Å²) in [6.45, 7) is 5.78. The number of phenolic OH excluding ortho intramolecular Hbond substituents is 1. The monoisotopic (exact) mass is 364 g/mol. The molecule has 2 fully saturated rings. The second-order valence-corrected chi connectivity index (χ2v) is 8.01. The van der Waals surface area contributed by atoms with Gasteiger partial charge in [-0.15, -0.1) is 0 Å². The van der Waals surface area contributed by atoms with Gasteiger partial charge in [0.1, 0.15) is 5.75 Å². The minimum absolute atomic E-state index is 0.0388. The molecule has 2 heterocycles. The number of phenols is 1. The van der Waals surface area contributed by atoms with Gasteiger partial charge in [-0.1, -0.05) is 49.4 Å². The van der Waals surface area contributed by atoms with E-state index in [4.69, 9.17) is 0 Å². The minimum Gasteiger partial charge on any atom is -0.508 e. The number of nitrogens with zero attached hydrogens (tertiary/aromatic N) is 2. The van der Waals surface area contributed by atoms with Gasteiger partial charge in [-0.2, -0.15) is 0 Å². The maximum atomic E-state index is 13.0. The van der Waals surface area contributed by atoms with E-state index in [0.717, 1.165) is 39.0 Å². The van der Waals surface area contributed by atoms with Crippen LogP contribution in [0.5, 0.6) is 5.75 Å². The van der Waals surface area contributed by atoms with Crippen LogP contribution in [0.3, 0.4) is 0 Å². The molecule has 1 N–H and O–H groups in total. The summed E-state index contributed by atoms with van der Waals surface area (Å²) in [4.78, 5) is 17.4. The molecular weight excluding hydrogens is 336 g/mol. The molecule has 142 valence electrons. The molecule has 0 saturated carbocycles. The van der Waals surface area contributed by atoms with E-state index in [1.807, 2.05) is 35.2 Å². The first-order chi connectivity index (χ1) is 13.1. The van der Waals surface area contributed by atoms with Gasteiger partial charge in [0.15, 0.2) is 0 Å². The third-order valence-corrected chi connectivity index (χ3v) is 6.18. The van der Waals surface area contributed by atoms with Gasteiger partial charge in [0, 0.05) is 19.6 Å². The van der Waals surface area contributed by atoms with Crippen molar-refractivity contribution in [3.63, 3.8) is 0 Å². The lowest BCUT2D eigenvalue weighted by molar-refractivity contribution is -0.133. The van der Waals surface area contributed by atoms with Crippen molar-refractivity contribution in [2.75, 3.05) is 19.6 Å². The van der Waals surface area contributed by atoms with Crippen molar-refractivity contribution in [3.05, 3.63) is 65.7 Å². The maximum absolute atomic E-state index is 13.0. The number of carbonyl (C=O) groups excluding carboxylic acids is 1. The van der Waals surface area contributed by atoms with E-state index in [1.165, 1.54) is 11.1 Å². The minimum atomic E-state index is 0.0388. The molecule has 0 aliphatic carbocycles. The Balaban J connectivity index is 1.37. The summed E-state index contributed by atoms with van der Waals surface area (Å²) in [6, 6.07) is 17.9. The lowest BCUT2D eigenvalue weighted by Gasteiger charge is -2.39. The van der Waals surface area contributed by atoms with Gasteiger partial charge in [0.2, 0.25) is 5.91 Å². The fraction of sp³-hybridized carbons (Fsp3) is 0.435. The van der Waals surface area contributed by atoms with Crippen LogP contribution in [0.4, 0.5) is 0 Å². The first-order valence-electron chi connectivity index (χ1n) is 9.97. The Morgan fingerprint density at radius 3 is 2.44 bits per heavy atom. The molecule has 0 radical (unpaired) electrons. The van der Waals surface area contributed by atoms with Crippen molar-refractivity contribution >= 4 is 5.91 Å². The summed E-state index contributed by atoms with van der Waals surface area (Å²) in [5, 5.41) is 9.52. The third kappa shape index (κ3) is 3.86. The Hall–Kier alpha value is -2.33. The van der Waals surface area contributed by atoms with Crippen molar-refractivity contribution in [1.29, 1.82) is 0 Å². The number of likely N-dealkylation sites (tertiary alicyclic amines) is 2. The van der Waals surface area contributed by atoms with Crippen LogP contribution >= 0.6 is 0 Å². The van der Waals surface area contributed by atoms with Crippen LogP contribution in [0, 0.1) is 5.92 Å². The van der Waals surface area contributed by atoms with Crippen LogP contribution in [0.2, 0.25) is 0 Å². The molecule has 2 aliphatic rings. The molecule has 3 unspecified atom stereocenters. The average molecular weight is 364 g/mol. The summed E-state index contributed by atoms with van der Waals surface area (Å²) in [7, 11) is 0. The normalized spacial score (nSPS) is 26.5. The van der Waals surface area contributed by atoms with Crippen molar-refractivity contribution in [3.8, 4) is 5.75 Å². The van der Waals surface area contributed by atoms with Gasteiger partial charge in [-0.05, 0) is 54.5 Å². The van der Waals surface area contributed by atoms with E-state index < -0.39 is 0 Å². The molecule has 4 heteroatoms. The van der Waals surface area contributed by atoms with Crippen LogP contribution in [0.25, 0.3) is 0 Å². The molecule has 0 aromatic heterocycles. The predicted molar refractivity (Wildman–Crippen MR) is 106 cm³/mol. The van der Waals surface area contributed by atoms with Crippen LogP contribution in [-0.4, -0.2) is 46.5 Å². The first kappa shape index (κ1) is 18.1. The molecule has 4 rings (SSSR count). The van der Waals surface area contributed by atoms with Crippen molar-refractivity contribution in [1.82, 2.24) is 9.80 Å². The van der Waals surface area contributed by atoms with Crippen LogP contribution < -0.4 is 0 Å². The summed E-state index contributed by atoms with van der Waals surface area (Å²) in [5.74, 6) is 1.60. The summed E-state index contributed by atoms with van der Waals surface area (Å²) in [6.07, 6.45) is 2.00. The third-order valence-electron chi connectivity index (χ3n) is 6.18. The lowest BCUT2D eigenvalue weighted by atomic mass is 9.81. The van der Waals surface area contributed by atoms with Gasteiger partial charge in [0.05, 0.1) is 6.04 Å². The highest BCUT2D eigenvalue weighted by Crippen LogP contribution is 2.35.